The van der Waals surface area contributed by atoms with Gasteiger partial charge in [-0.3, -0.25) is 14.3 Å². The number of Topliss-reactive ketones (excluding diaryl/α,β-unsaturated/α-hetero) is 1. The summed E-state index contributed by atoms with van der Waals surface area (Å²) in [5.41, 5.74) is 0.682. The summed E-state index contributed by atoms with van der Waals surface area (Å²) in [6.07, 6.45) is 2.13. The van der Waals surface area contributed by atoms with Crippen LogP contribution in [-0.4, -0.2) is 32.9 Å². The van der Waals surface area contributed by atoms with Crippen LogP contribution < -0.4 is 9.62 Å². The number of hydrogen-bond donors (Lipinski definition) is 1. The Bertz CT molecular complexity index is 1450. The minimum Gasteiger partial charge on any atom is -0.309 e. The summed E-state index contributed by atoms with van der Waals surface area (Å²) in [6.45, 7) is 0.197. The van der Waals surface area contributed by atoms with E-state index in [2.05, 4.69) is 4.72 Å². The van der Waals surface area contributed by atoms with Crippen molar-refractivity contribution in [3.8, 4) is 11.1 Å². The van der Waals surface area contributed by atoms with Crippen molar-refractivity contribution in [2.45, 2.75) is 25.7 Å². The lowest BCUT2D eigenvalue weighted by atomic mass is 9.90. The van der Waals surface area contributed by atoms with Crippen LogP contribution in [0.4, 0.5) is 20.2 Å². The molecule has 0 radical (unpaired) electrons. The number of nitrogens with one attached hydrogen (secondary N) is 1. The molecular weight excluding hydrogens is 522 g/mol. The molecule has 0 aromatic heterocycles. The Balaban J connectivity index is 1.55. The Labute approximate surface area is 219 Å². The van der Waals surface area contributed by atoms with E-state index in [-0.39, 0.29) is 47.7 Å². The first-order valence-corrected chi connectivity index (χ1v) is 13.9. The number of benzene rings is 3. The van der Waals surface area contributed by atoms with Gasteiger partial charge in [0.15, 0.2) is 11.6 Å². The number of ketones is 1. The standard InChI is InChI=1S/C27H25ClF2N2O4S/c1-37(35,36)31-23-7-3-2-6-21(23)22-12-13-24(26(30)25(22)29)32-14-4-5-18(27(32)34)16-20(33)15-17-8-10-19(28)11-9-17/h2-3,6-13,18,31H,4-5,14-16H2,1H3/t18-/m0/s1. The van der Waals surface area contributed by atoms with Crippen LogP contribution >= 0.6 is 11.6 Å². The van der Waals surface area contributed by atoms with E-state index in [1.807, 2.05) is 0 Å². The molecule has 0 spiro atoms. The molecule has 0 bridgehead atoms. The minimum atomic E-state index is -3.65. The van der Waals surface area contributed by atoms with Gasteiger partial charge in [0.2, 0.25) is 15.9 Å². The van der Waals surface area contributed by atoms with Crippen LogP contribution in [0.1, 0.15) is 24.8 Å². The highest BCUT2D eigenvalue weighted by Gasteiger charge is 2.33. The largest absolute Gasteiger partial charge is 0.309 e. The Morgan fingerprint density at radius 1 is 1.03 bits per heavy atom. The second kappa shape index (κ2) is 11.0. The van der Waals surface area contributed by atoms with Crippen LogP contribution in [-0.2, 0) is 26.0 Å². The molecule has 3 aromatic rings. The van der Waals surface area contributed by atoms with Crippen molar-refractivity contribution in [1.82, 2.24) is 0 Å². The molecule has 10 heteroatoms. The van der Waals surface area contributed by atoms with Crippen molar-refractivity contribution >= 4 is 44.7 Å². The molecular formula is C27H25ClF2N2O4S. The summed E-state index contributed by atoms with van der Waals surface area (Å²) < 4.78 is 56.3. The number of anilines is 2. The van der Waals surface area contributed by atoms with Gasteiger partial charge in [0.1, 0.15) is 5.78 Å². The van der Waals surface area contributed by atoms with Gasteiger partial charge in [-0.25, -0.2) is 17.2 Å². The lowest BCUT2D eigenvalue weighted by molar-refractivity contribution is -0.128. The predicted molar refractivity (Wildman–Crippen MR) is 140 cm³/mol. The maximum absolute atomic E-state index is 15.3. The SMILES string of the molecule is CS(=O)(=O)Nc1ccccc1-c1ccc(N2CCC[C@@H](CC(=O)Cc3ccc(Cl)cc3)C2=O)c(F)c1F. The number of piperidine rings is 1. The maximum Gasteiger partial charge on any atom is 0.230 e. The number of sulfonamides is 1. The molecule has 1 N–H and O–H groups in total. The van der Waals surface area contributed by atoms with E-state index < -0.39 is 33.5 Å². The number of nitrogens with zero attached hydrogens (tertiary/aromatic N) is 1. The molecule has 1 amide bonds. The number of halogens is 3. The fraction of sp³-hybridized carbons (Fsp3) is 0.259. The third-order valence-corrected chi connectivity index (χ3v) is 7.05. The Kier molecular flexibility index (Phi) is 7.94. The monoisotopic (exact) mass is 546 g/mol. The van der Waals surface area contributed by atoms with Crippen molar-refractivity contribution in [3.63, 3.8) is 0 Å². The number of carbonyl (C=O) groups excluding carboxylic acids is 2. The summed E-state index contributed by atoms with van der Waals surface area (Å²) in [5, 5.41) is 0.560. The minimum absolute atomic E-state index is 0.00464. The van der Waals surface area contributed by atoms with Gasteiger partial charge >= 0.3 is 0 Å². The molecule has 0 saturated carbocycles. The third-order valence-electron chi connectivity index (χ3n) is 6.20. The van der Waals surface area contributed by atoms with Crippen molar-refractivity contribution in [1.29, 1.82) is 0 Å². The third kappa shape index (κ3) is 6.34. The van der Waals surface area contributed by atoms with E-state index >= 15 is 8.78 Å². The molecule has 0 aliphatic carbocycles. The predicted octanol–water partition coefficient (Wildman–Crippen LogP) is 5.60. The first kappa shape index (κ1) is 26.8. The van der Waals surface area contributed by atoms with Crippen LogP contribution in [0, 0.1) is 17.6 Å². The zero-order valence-corrected chi connectivity index (χ0v) is 21.6. The lowest BCUT2D eigenvalue weighted by Crippen LogP contribution is -2.42. The highest BCUT2D eigenvalue weighted by Crippen LogP contribution is 2.36. The van der Waals surface area contributed by atoms with Gasteiger partial charge in [-0.05, 0) is 48.7 Å². The summed E-state index contributed by atoms with van der Waals surface area (Å²) in [6, 6.07) is 15.6. The van der Waals surface area contributed by atoms with Crippen molar-refractivity contribution in [2.75, 3.05) is 22.4 Å². The summed E-state index contributed by atoms with van der Waals surface area (Å²) in [7, 11) is -3.65. The molecule has 1 saturated heterocycles. The van der Waals surface area contributed by atoms with Gasteiger partial charge in [-0.1, -0.05) is 41.9 Å². The quantitative estimate of drug-likeness (QED) is 0.398. The molecule has 1 aliphatic heterocycles. The zero-order valence-electron chi connectivity index (χ0n) is 20.0. The summed E-state index contributed by atoms with van der Waals surface area (Å²) >= 11 is 5.88. The average molecular weight is 547 g/mol. The fourth-order valence-electron chi connectivity index (χ4n) is 4.52. The van der Waals surface area contributed by atoms with Crippen LogP contribution in [0.3, 0.4) is 0 Å². The highest BCUT2D eigenvalue weighted by atomic mass is 35.5. The van der Waals surface area contributed by atoms with Gasteiger partial charge in [0.05, 0.1) is 17.6 Å². The first-order valence-electron chi connectivity index (χ1n) is 11.7. The normalized spacial score (nSPS) is 16.1. The van der Waals surface area contributed by atoms with Crippen LogP contribution in [0.25, 0.3) is 11.1 Å². The molecule has 1 fully saturated rings. The molecule has 37 heavy (non-hydrogen) atoms. The number of rotatable bonds is 8. The molecule has 1 atom stereocenters. The van der Waals surface area contributed by atoms with Gasteiger partial charge < -0.3 is 4.90 Å². The Hall–Kier alpha value is -3.30. The van der Waals surface area contributed by atoms with E-state index in [9.17, 15) is 18.0 Å². The molecule has 194 valence electrons. The van der Waals surface area contributed by atoms with E-state index in [1.54, 1.807) is 36.4 Å². The van der Waals surface area contributed by atoms with Gasteiger partial charge in [-0.2, -0.15) is 0 Å². The number of hydrogen-bond acceptors (Lipinski definition) is 4. The molecule has 0 unspecified atom stereocenters. The first-order chi connectivity index (χ1) is 17.5. The molecule has 4 rings (SSSR count). The smallest absolute Gasteiger partial charge is 0.230 e. The highest BCUT2D eigenvalue weighted by molar-refractivity contribution is 7.92. The van der Waals surface area contributed by atoms with E-state index in [0.29, 0.717) is 17.9 Å². The molecule has 3 aromatic carbocycles. The van der Waals surface area contributed by atoms with Crippen molar-refractivity contribution in [2.24, 2.45) is 5.92 Å². The maximum atomic E-state index is 15.3. The van der Waals surface area contributed by atoms with Crippen LogP contribution in [0.2, 0.25) is 5.02 Å². The van der Waals surface area contributed by atoms with Gasteiger partial charge in [0.25, 0.3) is 0 Å². The molecule has 1 aliphatic rings. The fourth-order valence-corrected chi connectivity index (χ4v) is 5.22. The summed E-state index contributed by atoms with van der Waals surface area (Å²) in [4.78, 5) is 27.0. The van der Waals surface area contributed by atoms with E-state index in [4.69, 9.17) is 11.6 Å². The van der Waals surface area contributed by atoms with Crippen molar-refractivity contribution < 1.29 is 26.8 Å². The van der Waals surface area contributed by atoms with Crippen LogP contribution in [0.15, 0.2) is 60.7 Å². The second-order valence-corrected chi connectivity index (χ2v) is 11.2. The number of carbonyl (C=O) groups is 2. The second-order valence-electron chi connectivity index (χ2n) is 9.06. The van der Waals surface area contributed by atoms with Crippen LogP contribution in [0.5, 0.6) is 0 Å². The summed E-state index contributed by atoms with van der Waals surface area (Å²) in [5.74, 6) is -3.60. The topological polar surface area (TPSA) is 83.6 Å². The van der Waals surface area contributed by atoms with Crippen molar-refractivity contribution in [3.05, 3.63) is 82.9 Å². The zero-order chi connectivity index (χ0) is 26.7. The Morgan fingerprint density at radius 2 is 1.73 bits per heavy atom. The van der Waals surface area contributed by atoms with E-state index in [1.165, 1.54) is 29.2 Å². The molecule has 1 heterocycles. The van der Waals surface area contributed by atoms with E-state index in [0.717, 1.165) is 11.8 Å². The molecule has 6 nitrogen and oxygen atoms in total. The van der Waals surface area contributed by atoms with Gasteiger partial charge in [-0.15, -0.1) is 0 Å². The average Bonchev–Trinajstić information content (AvgIpc) is 2.83. The lowest BCUT2D eigenvalue weighted by Gasteiger charge is -2.32. The Morgan fingerprint density at radius 3 is 2.43 bits per heavy atom. The number of amides is 1. The number of para-hydroxylation sites is 1. The van der Waals surface area contributed by atoms with Gasteiger partial charge in [0, 0.05) is 41.5 Å².